The maximum Gasteiger partial charge on any atom is 0.358 e. The average molecular weight is 321 g/mol. The van der Waals surface area contributed by atoms with Crippen molar-refractivity contribution in [3.05, 3.63) is 17.2 Å². The van der Waals surface area contributed by atoms with Crippen molar-refractivity contribution in [2.75, 3.05) is 26.2 Å². The minimum absolute atomic E-state index is 0.234. The van der Waals surface area contributed by atoms with Crippen molar-refractivity contribution in [3.63, 3.8) is 0 Å². The molecule has 2 atom stereocenters. The number of rotatable bonds is 4. The van der Waals surface area contributed by atoms with Gasteiger partial charge in [-0.25, -0.2) is 9.78 Å². The van der Waals surface area contributed by atoms with Crippen LogP contribution in [0.15, 0.2) is 0 Å². The van der Waals surface area contributed by atoms with Crippen LogP contribution in [0, 0.1) is 6.92 Å². The summed E-state index contributed by atoms with van der Waals surface area (Å²) in [7, 11) is 0. The summed E-state index contributed by atoms with van der Waals surface area (Å²) in [6.07, 6.45) is 3.67. The standard InChI is InChI=1S/C17H27N3O3/c1-12-10-19(11-13(2)23-12)8-9-22-17(21)16-15-6-4-5-7-20(15)14(3)18-16/h12-13H,4-11H2,1-3H3/t12-,13-/m0/s1. The van der Waals surface area contributed by atoms with E-state index in [2.05, 4.69) is 28.3 Å². The summed E-state index contributed by atoms with van der Waals surface area (Å²) in [6, 6.07) is 0. The first-order valence-electron chi connectivity index (χ1n) is 8.65. The largest absolute Gasteiger partial charge is 0.460 e. The lowest BCUT2D eigenvalue weighted by molar-refractivity contribution is -0.0712. The van der Waals surface area contributed by atoms with E-state index >= 15 is 0 Å². The summed E-state index contributed by atoms with van der Waals surface area (Å²) in [5, 5.41) is 0. The molecule has 2 aliphatic heterocycles. The van der Waals surface area contributed by atoms with E-state index in [4.69, 9.17) is 9.47 Å². The second-order valence-corrected chi connectivity index (χ2v) is 6.72. The molecule has 3 rings (SSSR count). The molecule has 1 saturated heterocycles. The number of esters is 1. The first kappa shape index (κ1) is 16.5. The van der Waals surface area contributed by atoms with E-state index in [0.717, 1.165) is 57.0 Å². The molecule has 6 nitrogen and oxygen atoms in total. The second-order valence-electron chi connectivity index (χ2n) is 6.72. The van der Waals surface area contributed by atoms with Crippen molar-refractivity contribution in [1.82, 2.24) is 14.5 Å². The van der Waals surface area contributed by atoms with Crippen molar-refractivity contribution in [1.29, 1.82) is 0 Å². The highest BCUT2D eigenvalue weighted by atomic mass is 16.5. The molecule has 0 aliphatic carbocycles. The molecule has 23 heavy (non-hydrogen) atoms. The third-order valence-electron chi connectivity index (χ3n) is 4.64. The molecular weight excluding hydrogens is 294 g/mol. The highest BCUT2D eigenvalue weighted by Gasteiger charge is 2.25. The first-order valence-corrected chi connectivity index (χ1v) is 8.65. The zero-order valence-corrected chi connectivity index (χ0v) is 14.4. The SMILES string of the molecule is Cc1nc(C(=O)OCCN2C[C@H](C)O[C@@H](C)C2)c2n1CCCC2. The highest BCUT2D eigenvalue weighted by molar-refractivity contribution is 5.88. The third-order valence-corrected chi connectivity index (χ3v) is 4.64. The van der Waals surface area contributed by atoms with E-state index in [9.17, 15) is 4.79 Å². The predicted octanol–water partition coefficient (Wildman–Crippen LogP) is 1.79. The number of hydrogen-bond acceptors (Lipinski definition) is 5. The van der Waals surface area contributed by atoms with Gasteiger partial charge in [0.15, 0.2) is 5.69 Å². The van der Waals surface area contributed by atoms with Crippen LogP contribution in [-0.4, -0.2) is 58.9 Å². The molecular formula is C17H27N3O3. The Kier molecular flexibility index (Phi) is 5.02. The fourth-order valence-electron chi connectivity index (χ4n) is 3.69. The number of imidazole rings is 1. The fraction of sp³-hybridized carbons (Fsp3) is 0.765. The van der Waals surface area contributed by atoms with Crippen LogP contribution in [0.2, 0.25) is 0 Å². The highest BCUT2D eigenvalue weighted by Crippen LogP contribution is 2.21. The minimum Gasteiger partial charge on any atom is -0.460 e. The predicted molar refractivity (Wildman–Crippen MR) is 86.6 cm³/mol. The number of ether oxygens (including phenoxy) is 2. The smallest absolute Gasteiger partial charge is 0.358 e. The van der Waals surface area contributed by atoms with Crippen LogP contribution in [0.3, 0.4) is 0 Å². The van der Waals surface area contributed by atoms with Gasteiger partial charge in [-0.05, 0) is 40.0 Å². The van der Waals surface area contributed by atoms with Crippen LogP contribution in [0.4, 0.5) is 0 Å². The van der Waals surface area contributed by atoms with Crippen molar-refractivity contribution in [2.24, 2.45) is 0 Å². The van der Waals surface area contributed by atoms with Crippen LogP contribution >= 0.6 is 0 Å². The van der Waals surface area contributed by atoms with Gasteiger partial charge in [0.1, 0.15) is 12.4 Å². The molecule has 0 spiro atoms. The molecule has 128 valence electrons. The molecule has 3 heterocycles. The number of aromatic nitrogens is 2. The summed E-state index contributed by atoms with van der Waals surface area (Å²) >= 11 is 0. The normalized spacial score (nSPS) is 25.2. The number of morpholine rings is 1. The van der Waals surface area contributed by atoms with Crippen LogP contribution < -0.4 is 0 Å². The van der Waals surface area contributed by atoms with E-state index in [1.807, 2.05) is 6.92 Å². The summed E-state index contributed by atoms with van der Waals surface area (Å²) in [5.41, 5.74) is 1.57. The maximum absolute atomic E-state index is 12.4. The van der Waals surface area contributed by atoms with E-state index in [1.54, 1.807) is 0 Å². The molecule has 0 unspecified atom stereocenters. The van der Waals surface area contributed by atoms with Gasteiger partial charge < -0.3 is 14.0 Å². The summed E-state index contributed by atoms with van der Waals surface area (Å²) in [6.45, 7) is 10.0. The third kappa shape index (κ3) is 3.75. The summed E-state index contributed by atoms with van der Waals surface area (Å²) < 4.78 is 13.4. The molecule has 1 aromatic heterocycles. The van der Waals surface area contributed by atoms with Gasteiger partial charge in [-0.15, -0.1) is 0 Å². The first-order chi connectivity index (χ1) is 11.0. The quantitative estimate of drug-likeness (QED) is 0.792. The number of fused-ring (bicyclic) bond motifs is 1. The Morgan fingerprint density at radius 1 is 1.30 bits per heavy atom. The molecule has 6 heteroatoms. The number of nitrogens with zero attached hydrogens (tertiary/aromatic N) is 3. The van der Waals surface area contributed by atoms with Gasteiger partial charge in [0.2, 0.25) is 0 Å². The maximum atomic E-state index is 12.4. The molecule has 1 fully saturated rings. The second kappa shape index (κ2) is 7.01. The van der Waals surface area contributed by atoms with Crippen molar-refractivity contribution < 1.29 is 14.3 Å². The van der Waals surface area contributed by atoms with Gasteiger partial charge in [0.05, 0.1) is 17.9 Å². The van der Waals surface area contributed by atoms with E-state index in [1.165, 1.54) is 0 Å². The molecule has 0 bridgehead atoms. The number of aryl methyl sites for hydroxylation is 1. The van der Waals surface area contributed by atoms with E-state index in [0.29, 0.717) is 12.3 Å². The topological polar surface area (TPSA) is 56.6 Å². The van der Waals surface area contributed by atoms with Crippen LogP contribution in [0.25, 0.3) is 0 Å². The lowest BCUT2D eigenvalue weighted by atomic mass is 10.1. The number of carbonyl (C=O) groups excluding carboxylic acids is 1. The Hall–Kier alpha value is -1.40. The molecule has 0 aromatic carbocycles. The Balaban J connectivity index is 1.54. The number of hydrogen-bond donors (Lipinski definition) is 0. The lowest BCUT2D eigenvalue weighted by Crippen LogP contribution is -2.46. The van der Waals surface area contributed by atoms with Crippen molar-refractivity contribution in [3.8, 4) is 0 Å². The van der Waals surface area contributed by atoms with Gasteiger partial charge in [0.25, 0.3) is 0 Å². The van der Waals surface area contributed by atoms with Crippen molar-refractivity contribution in [2.45, 2.75) is 58.8 Å². The average Bonchev–Trinajstić information content (AvgIpc) is 2.84. The monoisotopic (exact) mass is 321 g/mol. The van der Waals surface area contributed by atoms with Crippen LogP contribution in [0.5, 0.6) is 0 Å². The Bertz CT molecular complexity index is 560. The van der Waals surface area contributed by atoms with Gasteiger partial charge in [-0.2, -0.15) is 0 Å². The van der Waals surface area contributed by atoms with Gasteiger partial charge >= 0.3 is 5.97 Å². The number of carbonyl (C=O) groups is 1. The summed E-state index contributed by atoms with van der Waals surface area (Å²) in [4.78, 5) is 19.1. The van der Waals surface area contributed by atoms with Crippen molar-refractivity contribution >= 4 is 5.97 Å². The Morgan fingerprint density at radius 3 is 2.78 bits per heavy atom. The van der Waals surface area contributed by atoms with Gasteiger partial charge in [0, 0.05) is 26.2 Å². The molecule has 0 radical (unpaired) electrons. The summed E-state index contributed by atoms with van der Waals surface area (Å²) in [5.74, 6) is 0.639. The Labute approximate surface area is 137 Å². The lowest BCUT2D eigenvalue weighted by Gasteiger charge is -2.35. The fourth-order valence-corrected chi connectivity index (χ4v) is 3.69. The van der Waals surface area contributed by atoms with Gasteiger partial charge in [-0.3, -0.25) is 4.90 Å². The van der Waals surface area contributed by atoms with Crippen LogP contribution in [0.1, 0.15) is 48.7 Å². The molecule has 0 amide bonds. The molecule has 2 aliphatic rings. The molecule has 0 saturated carbocycles. The van der Waals surface area contributed by atoms with E-state index < -0.39 is 0 Å². The minimum atomic E-state index is -0.280. The van der Waals surface area contributed by atoms with E-state index in [-0.39, 0.29) is 18.2 Å². The molecule has 1 aromatic rings. The zero-order valence-electron chi connectivity index (χ0n) is 14.4. The van der Waals surface area contributed by atoms with Gasteiger partial charge in [-0.1, -0.05) is 0 Å². The molecule has 0 N–H and O–H groups in total. The van der Waals surface area contributed by atoms with Crippen LogP contribution in [-0.2, 0) is 22.4 Å². The zero-order chi connectivity index (χ0) is 16.4. The Morgan fingerprint density at radius 2 is 2.04 bits per heavy atom.